The summed E-state index contributed by atoms with van der Waals surface area (Å²) in [6, 6.07) is 86.6. The average molecular weight is 792 g/mol. The Morgan fingerprint density at radius 2 is 0.774 bits per heavy atom. The first-order valence-electron chi connectivity index (χ1n) is 21.6. The number of hydrogen-bond acceptors (Lipinski definition) is 1. The number of fused-ring (bicyclic) bond motifs is 4. The number of rotatable bonds is 8. The van der Waals surface area contributed by atoms with Crippen LogP contribution in [-0.2, 0) is 5.41 Å². The lowest BCUT2D eigenvalue weighted by Gasteiger charge is -2.30. The van der Waals surface area contributed by atoms with E-state index in [1.807, 2.05) is 0 Å². The van der Waals surface area contributed by atoms with Crippen LogP contribution in [0.15, 0.2) is 237 Å². The van der Waals surface area contributed by atoms with Gasteiger partial charge in [0.05, 0.1) is 11.4 Å². The maximum absolute atomic E-state index is 2.46. The van der Waals surface area contributed by atoms with Crippen molar-refractivity contribution in [3.63, 3.8) is 0 Å². The van der Waals surface area contributed by atoms with Gasteiger partial charge in [0, 0.05) is 22.2 Å². The third-order valence-corrected chi connectivity index (χ3v) is 12.9. The van der Waals surface area contributed by atoms with Gasteiger partial charge in [-0.3, -0.25) is 0 Å². The van der Waals surface area contributed by atoms with Crippen molar-refractivity contribution in [2.24, 2.45) is 0 Å². The lowest BCUT2D eigenvalue weighted by atomic mass is 9.79. The Hall–Kier alpha value is -7.74. The lowest BCUT2D eigenvalue weighted by molar-refractivity contribution is 0.662. The number of nitrogens with zero attached hydrogens (tertiary/aromatic N) is 1. The second-order valence-electron chi connectivity index (χ2n) is 16.9. The zero-order valence-corrected chi connectivity index (χ0v) is 35.0. The molecular weight excluding hydrogens is 747 g/mol. The van der Waals surface area contributed by atoms with Gasteiger partial charge < -0.3 is 4.90 Å². The highest BCUT2D eigenvalue weighted by Crippen LogP contribution is 2.52. The van der Waals surface area contributed by atoms with E-state index in [1.54, 1.807) is 0 Å². The summed E-state index contributed by atoms with van der Waals surface area (Å²) in [7, 11) is 0. The molecule has 0 spiro atoms. The number of anilines is 3. The Bertz CT molecular complexity index is 3260. The summed E-state index contributed by atoms with van der Waals surface area (Å²) in [6.45, 7) is 4.74. The van der Waals surface area contributed by atoms with Crippen LogP contribution < -0.4 is 4.90 Å². The number of hydrogen-bond donors (Lipinski definition) is 0. The van der Waals surface area contributed by atoms with E-state index in [0.717, 1.165) is 33.8 Å². The summed E-state index contributed by atoms with van der Waals surface area (Å²) in [6.07, 6.45) is 0. The molecule has 62 heavy (non-hydrogen) atoms. The minimum absolute atomic E-state index is 0.111. The summed E-state index contributed by atoms with van der Waals surface area (Å²) in [5.41, 5.74) is 20.6. The van der Waals surface area contributed by atoms with E-state index in [1.165, 1.54) is 72.0 Å². The largest absolute Gasteiger partial charge is 0.309 e. The molecule has 1 heteroatoms. The molecule has 1 aliphatic rings. The van der Waals surface area contributed by atoms with Gasteiger partial charge in [-0.1, -0.05) is 214 Å². The Balaban J connectivity index is 1.08. The zero-order valence-electron chi connectivity index (χ0n) is 35.0. The van der Waals surface area contributed by atoms with Crippen molar-refractivity contribution in [2.75, 3.05) is 4.90 Å². The van der Waals surface area contributed by atoms with E-state index < -0.39 is 0 Å². The van der Waals surface area contributed by atoms with E-state index in [-0.39, 0.29) is 5.41 Å². The monoisotopic (exact) mass is 791 g/mol. The van der Waals surface area contributed by atoms with Crippen molar-refractivity contribution in [1.82, 2.24) is 0 Å². The first-order chi connectivity index (χ1) is 30.5. The van der Waals surface area contributed by atoms with Crippen LogP contribution in [0.25, 0.3) is 77.5 Å². The fourth-order valence-electron chi connectivity index (χ4n) is 9.94. The predicted molar refractivity (Wildman–Crippen MR) is 263 cm³/mol. The molecule has 10 aromatic rings. The SMILES string of the molecule is CC1(C)c2ccccc2-c2cccc(-c3ccc(N(c4ccccc4-c4cccc(-c5ccccc5)c4)c4ccccc4-c4cccc(-c5cccc6ccccc56)c4)cc3)c21. The fourth-order valence-corrected chi connectivity index (χ4v) is 9.94. The molecule has 0 saturated heterocycles. The summed E-state index contributed by atoms with van der Waals surface area (Å²) in [5.74, 6) is 0. The quantitative estimate of drug-likeness (QED) is 0.148. The van der Waals surface area contributed by atoms with Gasteiger partial charge >= 0.3 is 0 Å². The molecule has 0 radical (unpaired) electrons. The van der Waals surface area contributed by atoms with Gasteiger partial charge in [-0.15, -0.1) is 0 Å². The maximum atomic E-state index is 2.46. The van der Waals surface area contributed by atoms with Crippen LogP contribution in [0, 0.1) is 0 Å². The normalized spacial score (nSPS) is 12.5. The molecule has 0 aliphatic heterocycles. The topological polar surface area (TPSA) is 3.24 Å². The Labute approximate surface area is 364 Å². The molecule has 1 aliphatic carbocycles. The molecular formula is C61H45N. The molecule has 0 N–H and O–H groups in total. The van der Waals surface area contributed by atoms with Gasteiger partial charge in [0.1, 0.15) is 0 Å². The Kier molecular flexibility index (Phi) is 9.24. The van der Waals surface area contributed by atoms with Crippen LogP contribution in [0.2, 0.25) is 0 Å². The first kappa shape index (κ1) is 37.3. The van der Waals surface area contributed by atoms with Crippen molar-refractivity contribution in [3.05, 3.63) is 248 Å². The predicted octanol–water partition coefficient (Wildman–Crippen LogP) is 17.0. The summed E-state index contributed by atoms with van der Waals surface area (Å²) >= 11 is 0. The van der Waals surface area contributed by atoms with Gasteiger partial charge in [-0.2, -0.15) is 0 Å². The van der Waals surface area contributed by atoms with Crippen LogP contribution in [0.5, 0.6) is 0 Å². The molecule has 10 aromatic carbocycles. The van der Waals surface area contributed by atoms with Crippen LogP contribution in [0.1, 0.15) is 25.0 Å². The van der Waals surface area contributed by atoms with Crippen molar-refractivity contribution in [2.45, 2.75) is 19.3 Å². The van der Waals surface area contributed by atoms with Crippen molar-refractivity contribution >= 4 is 27.8 Å². The van der Waals surface area contributed by atoms with Crippen molar-refractivity contribution in [3.8, 4) is 66.8 Å². The molecule has 0 aromatic heterocycles. The molecule has 11 rings (SSSR count). The van der Waals surface area contributed by atoms with Crippen LogP contribution in [0.4, 0.5) is 17.1 Å². The second-order valence-corrected chi connectivity index (χ2v) is 16.9. The molecule has 294 valence electrons. The lowest BCUT2D eigenvalue weighted by Crippen LogP contribution is -2.16. The second kappa shape index (κ2) is 15.4. The standard InChI is InChI=1S/C61H45N/c1-61(2)57-33-11-8-29-55(57)56-32-17-31-54(60(56)61)44-36-38-49(39-37-44)62(58-34-12-9-27-52(58)47-24-14-22-45(40-47)42-18-4-3-5-19-42)59-35-13-10-28-53(59)48-25-15-23-46(41-48)51-30-16-21-43-20-6-7-26-50(43)51/h3-41H,1-2H3. The highest BCUT2D eigenvalue weighted by molar-refractivity contribution is 5.99. The summed E-state index contributed by atoms with van der Waals surface area (Å²) in [4.78, 5) is 2.46. The van der Waals surface area contributed by atoms with E-state index in [0.29, 0.717) is 0 Å². The minimum Gasteiger partial charge on any atom is -0.309 e. The molecule has 0 unspecified atom stereocenters. The Morgan fingerprint density at radius 1 is 0.306 bits per heavy atom. The van der Waals surface area contributed by atoms with Crippen molar-refractivity contribution < 1.29 is 0 Å². The number of benzene rings is 10. The average Bonchev–Trinajstić information content (AvgIpc) is 3.58. The Morgan fingerprint density at radius 3 is 1.50 bits per heavy atom. The van der Waals surface area contributed by atoms with Crippen molar-refractivity contribution in [1.29, 1.82) is 0 Å². The molecule has 0 fully saturated rings. The highest BCUT2D eigenvalue weighted by atomic mass is 15.1. The van der Waals surface area contributed by atoms with Gasteiger partial charge in [0.25, 0.3) is 0 Å². The van der Waals surface area contributed by atoms with Gasteiger partial charge in [-0.05, 0) is 114 Å². The van der Waals surface area contributed by atoms with Crippen LogP contribution >= 0.6 is 0 Å². The maximum Gasteiger partial charge on any atom is 0.0540 e. The third-order valence-electron chi connectivity index (χ3n) is 12.9. The van der Waals surface area contributed by atoms with Gasteiger partial charge in [-0.25, -0.2) is 0 Å². The fraction of sp³-hybridized carbons (Fsp3) is 0.0492. The van der Waals surface area contributed by atoms with E-state index >= 15 is 0 Å². The summed E-state index contributed by atoms with van der Waals surface area (Å²) in [5, 5.41) is 2.50. The third kappa shape index (κ3) is 6.42. The molecule has 0 saturated carbocycles. The highest BCUT2D eigenvalue weighted by Gasteiger charge is 2.37. The molecule has 0 amide bonds. The zero-order chi connectivity index (χ0) is 41.6. The first-order valence-corrected chi connectivity index (χ1v) is 21.6. The molecule has 1 nitrogen and oxygen atoms in total. The van der Waals surface area contributed by atoms with Crippen LogP contribution in [0.3, 0.4) is 0 Å². The molecule has 0 atom stereocenters. The van der Waals surface area contributed by atoms with Crippen LogP contribution in [-0.4, -0.2) is 0 Å². The molecule has 0 bridgehead atoms. The van der Waals surface area contributed by atoms with E-state index in [4.69, 9.17) is 0 Å². The van der Waals surface area contributed by atoms with E-state index in [9.17, 15) is 0 Å². The van der Waals surface area contributed by atoms with Gasteiger partial charge in [0.2, 0.25) is 0 Å². The smallest absolute Gasteiger partial charge is 0.0540 e. The molecule has 0 heterocycles. The number of para-hydroxylation sites is 2. The minimum atomic E-state index is -0.111. The van der Waals surface area contributed by atoms with Gasteiger partial charge in [0.15, 0.2) is 0 Å². The van der Waals surface area contributed by atoms with E-state index in [2.05, 4.69) is 255 Å². The summed E-state index contributed by atoms with van der Waals surface area (Å²) < 4.78 is 0.